The number of halogens is 1. The molecule has 2 heterocycles. The van der Waals surface area contributed by atoms with Crippen molar-refractivity contribution in [3.63, 3.8) is 0 Å². The van der Waals surface area contributed by atoms with Gasteiger partial charge in [0.15, 0.2) is 5.82 Å². The van der Waals surface area contributed by atoms with Crippen molar-refractivity contribution in [2.24, 2.45) is 0 Å². The highest BCUT2D eigenvalue weighted by Gasteiger charge is 2.26. The third-order valence-electron chi connectivity index (χ3n) is 3.67. The highest BCUT2D eigenvalue weighted by atomic mass is 35.5. The number of nitro groups is 1. The van der Waals surface area contributed by atoms with Crippen molar-refractivity contribution in [2.45, 2.75) is 20.0 Å². The number of hydrogen-bond acceptors (Lipinski definition) is 5. The van der Waals surface area contributed by atoms with Crippen LogP contribution in [0.5, 0.6) is 0 Å². The van der Waals surface area contributed by atoms with E-state index in [9.17, 15) is 14.9 Å². The minimum Gasteiger partial charge on any atom is -0.304 e. The first-order chi connectivity index (χ1) is 12.5. The zero-order valence-corrected chi connectivity index (χ0v) is 14.6. The molecular formula is C16H15ClN6O3. The van der Waals surface area contributed by atoms with Crippen molar-refractivity contribution >= 4 is 29.0 Å². The molecule has 0 radical (unpaired) electrons. The number of carbonyl (C=O) groups excluding carboxylic acids is 1. The van der Waals surface area contributed by atoms with Crippen LogP contribution < -0.4 is 5.32 Å². The second kappa shape index (κ2) is 7.36. The SMILES string of the molecule is CCn1ncc([N+](=O)[O-])c1C(=O)Nc1ccn(Cc2ccc(Cl)cc2)n1. The van der Waals surface area contributed by atoms with Crippen molar-refractivity contribution < 1.29 is 9.72 Å². The lowest BCUT2D eigenvalue weighted by Crippen LogP contribution is -2.19. The number of hydrogen-bond donors (Lipinski definition) is 1. The Bertz CT molecular complexity index is 947. The van der Waals surface area contributed by atoms with Crippen molar-refractivity contribution in [3.8, 4) is 0 Å². The van der Waals surface area contributed by atoms with Gasteiger partial charge < -0.3 is 5.32 Å². The molecule has 1 aromatic carbocycles. The van der Waals surface area contributed by atoms with Gasteiger partial charge in [0.25, 0.3) is 5.91 Å². The molecule has 3 aromatic rings. The van der Waals surface area contributed by atoms with E-state index in [1.54, 1.807) is 36.0 Å². The second-order valence-electron chi connectivity index (χ2n) is 5.43. The molecule has 0 spiro atoms. The van der Waals surface area contributed by atoms with E-state index < -0.39 is 10.8 Å². The summed E-state index contributed by atoms with van der Waals surface area (Å²) >= 11 is 5.86. The second-order valence-corrected chi connectivity index (χ2v) is 5.87. The molecule has 0 atom stereocenters. The van der Waals surface area contributed by atoms with Crippen LogP contribution in [-0.4, -0.2) is 30.4 Å². The largest absolute Gasteiger partial charge is 0.320 e. The molecule has 0 fully saturated rings. The Kier molecular flexibility index (Phi) is 4.99. The fourth-order valence-corrected chi connectivity index (χ4v) is 2.58. The van der Waals surface area contributed by atoms with Gasteiger partial charge in [0.1, 0.15) is 6.20 Å². The van der Waals surface area contributed by atoms with Gasteiger partial charge in [0.2, 0.25) is 5.69 Å². The number of amides is 1. The van der Waals surface area contributed by atoms with Crippen LogP contribution >= 0.6 is 11.6 Å². The number of aromatic nitrogens is 4. The molecule has 0 saturated heterocycles. The zero-order chi connectivity index (χ0) is 18.7. The van der Waals surface area contributed by atoms with E-state index in [-0.39, 0.29) is 11.4 Å². The molecular weight excluding hydrogens is 360 g/mol. The average Bonchev–Trinajstić information content (AvgIpc) is 3.23. The molecule has 0 bridgehead atoms. The highest BCUT2D eigenvalue weighted by Crippen LogP contribution is 2.19. The summed E-state index contributed by atoms with van der Waals surface area (Å²) in [7, 11) is 0. The maximum absolute atomic E-state index is 12.4. The lowest BCUT2D eigenvalue weighted by Gasteiger charge is -2.05. The standard InChI is InChI=1S/C16H15ClN6O3/c1-2-22-15(13(9-18-22)23(25)26)16(24)19-14-7-8-21(20-14)10-11-3-5-12(17)6-4-11/h3-9H,2,10H2,1H3,(H,19,20,24). The molecule has 1 N–H and O–H groups in total. The van der Waals surface area contributed by atoms with Crippen LogP contribution in [0.4, 0.5) is 11.5 Å². The van der Waals surface area contributed by atoms with E-state index in [0.29, 0.717) is 23.9 Å². The number of rotatable bonds is 6. The van der Waals surface area contributed by atoms with Gasteiger partial charge in [-0.3, -0.25) is 24.3 Å². The topological polar surface area (TPSA) is 108 Å². The summed E-state index contributed by atoms with van der Waals surface area (Å²) in [4.78, 5) is 22.9. The fourth-order valence-electron chi connectivity index (χ4n) is 2.45. The van der Waals surface area contributed by atoms with Crippen LogP contribution in [0, 0.1) is 10.1 Å². The van der Waals surface area contributed by atoms with E-state index >= 15 is 0 Å². The molecule has 10 heteroatoms. The van der Waals surface area contributed by atoms with E-state index in [4.69, 9.17) is 11.6 Å². The van der Waals surface area contributed by atoms with E-state index in [0.717, 1.165) is 11.8 Å². The Hall–Kier alpha value is -3.20. The van der Waals surface area contributed by atoms with Crippen LogP contribution in [0.1, 0.15) is 23.0 Å². The summed E-state index contributed by atoms with van der Waals surface area (Å²) in [5.41, 5.74) is 0.546. The van der Waals surface area contributed by atoms with Crippen molar-refractivity contribution in [1.82, 2.24) is 19.6 Å². The van der Waals surface area contributed by atoms with Gasteiger partial charge in [-0.1, -0.05) is 23.7 Å². The Labute approximate surface area is 153 Å². The first kappa shape index (κ1) is 17.6. The molecule has 26 heavy (non-hydrogen) atoms. The van der Waals surface area contributed by atoms with Gasteiger partial charge in [-0.15, -0.1) is 0 Å². The summed E-state index contributed by atoms with van der Waals surface area (Å²) in [6.07, 6.45) is 2.77. The lowest BCUT2D eigenvalue weighted by molar-refractivity contribution is -0.385. The summed E-state index contributed by atoms with van der Waals surface area (Å²) in [6.45, 7) is 2.58. The van der Waals surface area contributed by atoms with Gasteiger partial charge in [0.05, 0.1) is 11.5 Å². The minimum absolute atomic E-state index is 0.107. The Morgan fingerprint density at radius 1 is 1.31 bits per heavy atom. The Morgan fingerprint density at radius 2 is 2.04 bits per heavy atom. The summed E-state index contributed by atoms with van der Waals surface area (Å²) in [5, 5.41) is 22.4. The zero-order valence-electron chi connectivity index (χ0n) is 13.8. The fraction of sp³-hybridized carbons (Fsp3) is 0.188. The third kappa shape index (κ3) is 3.72. The molecule has 0 aliphatic heterocycles. The average molecular weight is 375 g/mol. The van der Waals surface area contributed by atoms with E-state index in [2.05, 4.69) is 15.5 Å². The minimum atomic E-state index is -0.632. The van der Waals surface area contributed by atoms with Crippen LogP contribution in [0.2, 0.25) is 5.02 Å². The van der Waals surface area contributed by atoms with Gasteiger partial charge in [0, 0.05) is 23.8 Å². The van der Waals surface area contributed by atoms with E-state index in [1.165, 1.54) is 4.68 Å². The van der Waals surface area contributed by atoms with Crippen LogP contribution in [-0.2, 0) is 13.1 Å². The molecule has 3 rings (SSSR count). The summed E-state index contributed by atoms with van der Waals surface area (Å²) in [6, 6.07) is 8.95. The number of benzene rings is 1. The van der Waals surface area contributed by atoms with Crippen LogP contribution in [0.25, 0.3) is 0 Å². The first-order valence-electron chi connectivity index (χ1n) is 7.77. The quantitative estimate of drug-likeness (QED) is 0.527. The molecule has 0 unspecified atom stereocenters. The van der Waals surface area contributed by atoms with Crippen LogP contribution in [0.15, 0.2) is 42.7 Å². The summed E-state index contributed by atoms with van der Waals surface area (Å²) in [5.74, 6) is -0.338. The van der Waals surface area contributed by atoms with Crippen molar-refractivity contribution in [3.05, 3.63) is 69.1 Å². The van der Waals surface area contributed by atoms with Gasteiger partial charge >= 0.3 is 5.69 Å². The Morgan fingerprint density at radius 3 is 2.69 bits per heavy atom. The molecule has 0 aliphatic carbocycles. The van der Waals surface area contributed by atoms with Crippen molar-refractivity contribution in [2.75, 3.05) is 5.32 Å². The number of carbonyl (C=O) groups is 1. The number of nitrogens with zero attached hydrogens (tertiary/aromatic N) is 5. The maximum atomic E-state index is 12.4. The van der Waals surface area contributed by atoms with Gasteiger partial charge in [-0.25, -0.2) is 0 Å². The number of anilines is 1. The smallest absolute Gasteiger partial charge is 0.304 e. The molecule has 134 valence electrons. The summed E-state index contributed by atoms with van der Waals surface area (Å²) < 4.78 is 2.92. The predicted octanol–water partition coefficient (Wildman–Crippen LogP) is 2.96. The van der Waals surface area contributed by atoms with E-state index in [1.807, 2.05) is 12.1 Å². The molecule has 1 amide bonds. The van der Waals surface area contributed by atoms with Gasteiger partial charge in [-0.2, -0.15) is 10.2 Å². The highest BCUT2D eigenvalue weighted by molar-refractivity contribution is 6.30. The Balaban J connectivity index is 1.75. The number of nitrogens with one attached hydrogen (secondary N) is 1. The third-order valence-corrected chi connectivity index (χ3v) is 3.92. The number of aryl methyl sites for hydroxylation is 1. The van der Waals surface area contributed by atoms with Crippen molar-refractivity contribution in [1.29, 1.82) is 0 Å². The normalized spacial score (nSPS) is 10.7. The predicted molar refractivity (Wildman–Crippen MR) is 95.3 cm³/mol. The first-order valence-corrected chi connectivity index (χ1v) is 8.15. The van der Waals surface area contributed by atoms with Gasteiger partial charge in [-0.05, 0) is 24.6 Å². The lowest BCUT2D eigenvalue weighted by atomic mass is 10.2. The molecule has 2 aromatic heterocycles. The molecule has 0 saturated carbocycles. The monoisotopic (exact) mass is 374 g/mol. The molecule has 9 nitrogen and oxygen atoms in total. The maximum Gasteiger partial charge on any atom is 0.320 e. The molecule has 0 aliphatic rings. The van der Waals surface area contributed by atoms with Crippen LogP contribution in [0.3, 0.4) is 0 Å².